The number of nitrogens with zero attached hydrogens (tertiary/aromatic N) is 3. The van der Waals surface area contributed by atoms with E-state index in [1.807, 2.05) is 18.3 Å². The average Bonchev–Trinajstić information content (AvgIpc) is 3.01. The van der Waals surface area contributed by atoms with Crippen LogP contribution in [-0.4, -0.2) is 52.7 Å². The zero-order chi connectivity index (χ0) is 17.1. The van der Waals surface area contributed by atoms with E-state index in [0.717, 1.165) is 45.0 Å². The van der Waals surface area contributed by atoms with Gasteiger partial charge in [0.1, 0.15) is 0 Å². The molecule has 2 aliphatic heterocycles. The number of hydrogen-bond donors (Lipinski definition) is 1. The molecule has 1 N–H and O–H groups in total. The highest BCUT2D eigenvalue weighted by Crippen LogP contribution is 2.42. The zero-order valence-electron chi connectivity index (χ0n) is 14.7. The molecule has 2 fully saturated rings. The van der Waals surface area contributed by atoms with E-state index >= 15 is 0 Å². The van der Waals surface area contributed by atoms with Crippen molar-refractivity contribution in [3.05, 3.63) is 66.0 Å². The van der Waals surface area contributed by atoms with Gasteiger partial charge in [-0.3, -0.25) is 14.8 Å². The molecule has 0 amide bonds. The number of aliphatic hydroxyl groups is 1. The van der Waals surface area contributed by atoms with Crippen LogP contribution in [0.5, 0.6) is 0 Å². The minimum atomic E-state index is 0.0157. The Balaban J connectivity index is 1.43. The Labute approximate surface area is 150 Å². The van der Waals surface area contributed by atoms with Gasteiger partial charge in [0, 0.05) is 44.3 Å². The van der Waals surface area contributed by atoms with Crippen molar-refractivity contribution in [2.24, 2.45) is 11.3 Å². The molecule has 2 saturated heterocycles. The Morgan fingerprint density at radius 1 is 1.00 bits per heavy atom. The van der Waals surface area contributed by atoms with Crippen LogP contribution in [0.3, 0.4) is 0 Å². The monoisotopic (exact) mass is 337 g/mol. The largest absolute Gasteiger partial charge is 0.396 e. The van der Waals surface area contributed by atoms with Gasteiger partial charge in [-0.1, -0.05) is 36.4 Å². The van der Waals surface area contributed by atoms with Crippen LogP contribution in [0.4, 0.5) is 0 Å². The molecule has 4 rings (SSSR count). The third-order valence-corrected chi connectivity index (χ3v) is 5.89. The van der Waals surface area contributed by atoms with Gasteiger partial charge in [0.2, 0.25) is 0 Å². The predicted molar refractivity (Wildman–Crippen MR) is 98.9 cm³/mol. The van der Waals surface area contributed by atoms with Crippen LogP contribution in [0.1, 0.15) is 17.7 Å². The molecule has 2 atom stereocenters. The van der Waals surface area contributed by atoms with E-state index in [0.29, 0.717) is 5.92 Å². The summed E-state index contributed by atoms with van der Waals surface area (Å²) in [5.74, 6) is 0.598. The Hall–Kier alpha value is -1.75. The summed E-state index contributed by atoms with van der Waals surface area (Å²) >= 11 is 0. The second-order valence-electron chi connectivity index (χ2n) is 7.69. The van der Waals surface area contributed by atoms with Crippen molar-refractivity contribution in [3.63, 3.8) is 0 Å². The molecular weight excluding hydrogens is 310 g/mol. The number of aromatic nitrogens is 1. The molecule has 0 aliphatic carbocycles. The molecule has 4 heteroatoms. The molecule has 25 heavy (non-hydrogen) atoms. The minimum absolute atomic E-state index is 0.0157. The summed E-state index contributed by atoms with van der Waals surface area (Å²) < 4.78 is 0. The van der Waals surface area contributed by atoms with Gasteiger partial charge in [-0.05, 0) is 36.6 Å². The van der Waals surface area contributed by atoms with Crippen LogP contribution in [0.15, 0.2) is 54.7 Å². The van der Waals surface area contributed by atoms with Gasteiger partial charge in [-0.25, -0.2) is 0 Å². The van der Waals surface area contributed by atoms with Crippen LogP contribution in [0, 0.1) is 11.3 Å². The lowest BCUT2D eigenvalue weighted by Crippen LogP contribution is -2.50. The Morgan fingerprint density at radius 3 is 2.56 bits per heavy atom. The van der Waals surface area contributed by atoms with E-state index in [2.05, 4.69) is 51.2 Å². The Kier molecular flexibility index (Phi) is 4.84. The van der Waals surface area contributed by atoms with E-state index in [1.165, 1.54) is 12.0 Å². The summed E-state index contributed by atoms with van der Waals surface area (Å²) in [5, 5.41) is 10.3. The lowest BCUT2D eigenvalue weighted by Gasteiger charge is -2.43. The molecule has 3 heterocycles. The SMILES string of the molecule is OC[C@]12CN(Cc3ccccn3)CC[C@H]1CN(Cc1ccccc1)C2. The van der Waals surface area contributed by atoms with Gasteiger partial charge in [0.05, 0.1) is 12.3 Å². The average molecular weight is 337 g/mol. The topological polar surface area (TPSA) is 39.6 Å². The number of hydrogen-bond acceptors (Lipinski definition) is 4. The maximum absolute atomic E-state index is 10.3. The van der Waals surface area contributed by atoms with Gasteiger partial charge in [-0.2, -0.15) is 0 Å². The number of benzene rings is 1. The number of aliphatic hydroxyl groups excluding tert-OH is 1. The molecule has 1 aromatic carbocycles. The van der Waals surface area contributed by atoms with Gasteiger partial charge < -0.3 is 5.11 Å². The summed E-state index contributed by atoms with van der Waals surface area (Å²) in [7, 11) is 0. The Morgan fingerprint density at radius 2 is 1.80 bits per heavy atom. The normalized spacial score (nSPS) is 27.3. The first kappa shape index (κ1) is 16.7. The zero-order valence-corrected chi connectivity index (χ0v) is 14.7. The molecule has 2 aliphatic rings. The lowest BCUT2D eigenvalue weighted by atomic mass is 9.74. The quantitative estimate of drug-likeness (QED) is 0.909. The van der Waals surface area contributed by atoms with E-state index in [-0.39, 0.29) is 12.0 Å². The van der Waals surface area contributed by atoms with Gasteiger partial charge >= 0.3 is 0 Å². The van der Waals surface area contributed by atoms with Gasteiger partial charge in [-0.15, -0.1) is 0 Å². The second kappa shape index (κ2) is 7.24. The van der Waals surface area contributed by atoms with Crippen molar-refractivity contribution in [2.75, 3.05) is 32.8 Å². The number of likely N-dealkylation sites (tertiary alicyclic amines) is 2. The highest BCUT2D eigenvalue weighted by Gasteiger charge is 2.49. The molecule has 0 unspecified atom stereocenters. The molecule has 2 aromatic rings. The minimum Gasteiger partial charge on any atom is -0.396 e. The van der Waals surface area contributed by atoms with Crippen LogP contribution in [0.25, 0.3) is 0 Å². The van der Waals surface area contributed by atoms with Crippen molar-refractivity contribution in [3.8, 4) is 0 Å². The van der Waals surface area contributed by atoms with Crippen LogP contribution in [-0.2, 0) is 13.1 Å². The maximum atomic E-state index is 10.3. The highest BCUT2D eigenvalue weighted by molar-refractivity contribution is 5.15. The fourth-order valence-corrected chi connectivity index (χ4v) is 4.63. The Bertz CT molecular complexity index is 639. The maximum Gasteiger partial charge on any atom is 0.0543 e. The smallest absolute Gasteiger partial charge is 0.0543 e. The summed E-state index contributed by atoms with van der Waals surface area (Å²) in [5.41, 5.74) is 2.50. The van der Waals surface area contributed by atoms with Crippen LogP contribution >= 0.6 is 0 Å². The highest BCUT2D eigenvalue weighted by atomic mass is 16.3. The molecule has 4 nitrogen and oxygen atoms in total. The number of piperidine rings is 1. The summed E-state index contributed by atoms with van der Waals surface area (Å²) in [6, 6.07) is 16.8. The molecule has 0 bridgehead atoms. The van der Waals surface area contributed by atoms with Crippen LogP contribution < -0.4 is 0 Å². The molecule has 1 aromatic heterocycles. The van der Waals surface area contributed by atoms with E-state index < -0.39 is 0 Å². The van der Waals surface area contributed by atoms with E-state index in [9.17, 15) is 5.11 Å². The fraction of sp³-hybridized carbons (Fsp3) is 0.476. The third kappa shape index (κ3) is 3.61. The first-order chi connectivity index (χ1) is 12.3. The number of rotatable bonds is 5. The number of fused-ring (bicyclic) bond motifs is 1. The molecular formula is C21H27N3O. The fourth-order valence-electron chi connectivity index (χ4n) is 4.63. The summed E-state index contributed by atoms with van der Waals surface area (Å²) in [6.07, 6.45) is 3.03. The molecule has 0 radical (unpaired) electrons. The van der Waals surface area contributed by atoms with Crippen molar-refractivity contribution >= 4 is 0 Å². The van der Waals surface area contributed by atoms with Crippen LogP contribution in [0.2, 0.25) is 0 Å². The molecule has 0 saturated carbocycles. The lowest BCUT2D eigenvalue weighted by molar-refractivity contribution is 0.00694. The standard InChI is InChI=1S/C21H27N3O/c25-17-21-15-23(14-20-8-4-5-10-22-20)11-9-19(21)13-24(16-21)12-18-6-2-1-3-7-18/h1-8,10,19,25H,9,11-17H2/t19-,21+/m0/s1. The van der Waals surface area contributed by atoms with Crippen molar-refractivity contribution in [1.82, 2.24) is 14.8 Å². The van der Waals surface area contributed by atoms with Crippen molar-refractivity contribution in [2.45, 2.75) is 19.5 Å². The van der Waals surface area contributed by atoms with Crippen molar-refractivity contribution < 1.29 is 5.11 Å². The molecule has 132 valence electrons. The predicted octanol–water partition coefficient (Wildman–Crippen LogP) is 2.40. The van der Waals surface area contributed by atoms with E-state index in [1.54, 1.807) is 0 Å². The summed E-state index contributed by atoms with van der Waals surface area (Å²) in [6.45, 7) is 6.31. The summed E-state index contributed by atoms with van der Waals surface area (Å²) in [4.78, 5) is 9.46. The first-order valence-corrected chi connectivity index (χ1v) is 9.27. The number of pyridine rings is 1. The second-order valence-corrected chi connectivity index (χ2v) is 7.69. The van der Waals surface area contributed by atoms with Crippen molar-refractivity contribution in [1.29, 1.82) is 0 Å². The molecule has 0 spiro atoms. The first-order valence-electron chi connectivity index (χ1n) is 9.27. The third-order valence-electron chi connectivity index (χ3n) is 5.89. The van der Waals surface area contributed by atoms with Gasteiger partial charge in [0.25, 0.3) is 0 Å². The van der Waals surface area contributed by atoms with Gasteiger partial charge in [0.15, 0.2) is 0 Å². The van der Waals surface area contributed by atoms with E-state index in [4.69, 9.17) is 0 Å².